The molecule has 0 saturated heterocycles. The minimum absolute atomic E-state index is 0.160. The Hall–Kier alpha value is -2.24. The molecular formula is C21H18O6. The molecule has 0 N–H and O–H groups in total. The van der Waals surface area contributed by atoms with E-state index in [1.54, 1.807) is 0 Å². The summed E-state index contributed by atoms with van der Waals surface area (Å²) in [7, 11) is 2.56. The predicted octanol–water partition coefficient (Wildman–Crippen LogP) is 0.711. The molecule has 5 fully saturated rings. The average Bonchev–Trinajstić information content (AvgIpc) is 3.22. The standard InChI is InChI=1S/C21H18O6/c1-26-18(24)12-8-3-4-9(13(12)19(25)27-2)21-15-7-5-6-10(11(7)17(21)23)16(22)20(8,21)14(6)15/h3-4,6-11,14-15H,5H2,1-2H3. The number of carbonyl (C=O) groups is 4. The highest BCUT2D eigenvalue weighted by molar-refractivity contribution is 6.16. The molecule has 0 radical (unpaired) electrons. The Balaban J connectivity index is 1.59. The average molecular weight is 366 g/mol. The van der Waals surface area contributed by atoms with Crippen LogP contribution in [0, 0.1) is 58.2 Å². The number of allylic oxidation sites excluding steroid dienone is 2. The quantitative estimate of drug-likeness (QED) is 0.528. The van der Waals surface area contributed by atoms with Crippen LogP contribution in [-0.2, 0) is 28.7 Å². The van der Waals surface area contributed by atoms with Crippen molar-refractivity contribution < 1.29 is 28.7 Å². The highest BCUT2D eigenvalue weighted by Gasteiger charge is 2.99. The normalized spacial score (nSPS) is 56.1. The zero-order valence-electron chi connectivity index (χ0n) is 14.9. The van der Waals surface area contributed by atoms with Crippen LogP contribution in [0.15, 0.2) is 23.3 Å². The molecule has 0 heterocycles. The predicted molar refractivity (Wildman–Crippen MR) is 87.6 cm³/mol. The Labute approximate surface area is 154 Å². The number of esters is 2. The summed E-state index contributed by atoms with van der Waals surface area (Å²) in [5.41, 5.74) is -1.16. The molecule has 27 heavy (non-hydrogen) atoms. The minimum Gasteiger partial charge on any atom is -0.466 e. The highest BCUT2D eigenvalue weighted by atomic mass is 16.5. The van der Waals surface area contributed by atoms with Gasteiger partial charge in [-0.1, -0.05) is 12.2 Å². The fraction of sp³-hybridized carbons (Fsp3) is 0.619. The van der Waals surface area contributed by atoms with Crippen molar-refractivity contribution in [2.45, 2.75) is 6.42 Å². The van der Waals surface area contributed by atoms with Gasteiger partial charge in [0.2, 0.25) is 0 Å². The van der Waals surface area contributed by atoms with Crippen LogP contribution in [0.5, 0.6) is 0 Å². The maximum atomic E-state index is 13.7. The zero-order valence-corrected chi connectivity index (χ0v) is 14.9. The number of fused-ring (bicyclic) bond motifs is 1. The lowest BCUT2D eigenvalue weighted by molar-refractivity contribution is -0.217. The maximum Gasteiger partial charge on any atom is 0.334 e. The van der Waals surface area contributed by atoms with Crippen molar-refractivity contribution in [3.8, 4) is 0 Å². The smallest absolute Gasteiger partial charge is 0.334 e. The zero-order chi connectivity index (χ0) is 18.6. The van der Waals surface area contributed by atoms with Crippen LogP contribution >= 0.6 is 0 Å². The number of carbonyl (C=O) groups excluding carboxylic acids is 4. The summed E-state index contributed by atoms with van der Waals surface area (Å²) in [4.78, 5) is 52.8. The molecule has 138 valence electrons. The number of hydrogen-bond donors (Lipinski definition) is 0. The van der Waals surface area contributed by atoms with E-state index in [4.69, 9.17) is 9.47 Å². The SMILES string of the molecule is COC(=O)C1=C(C(=O)OC)C2C=CC1C13C(=O)C4C5CC6C4C(=O)C21C6C53. The van der Waals surface area contributed by atoms with E-state index in [0.29, 0.717) is 0 Å². The molecule has 10 unspecified atom stereocenters. The summed E-state index contributed by atoms with van der Waals surface area (Å²) >= 11 is 0. The van der Waals surface area contributed by atoms with Crippen LogP contribution in [0.4, 0.5) is 0 Å². The molecule has 8 rings (SSSR count). The third-order valence-electron chi connectivity index (χ3n) is 9.52. The van der Waals surface area contributed by atoms with E-state index in [9.17, 15) is 19.2 Å². The van der Waals surface area contributed by atoms with Crippen molar-refractivity contribution >= 4 is 23.5 Å². The summed E-state index contributed by atoms with van der Waals surface area (Å²) in [6, 6.07) is 0. The van der Waals surface area contributed by atoms with Crippen LogP contribution in [0.3, 0.4) is 0 Å². The van der Waals surface area contributed by atoms with Crippen LogP contribution < -0.4 is 0 Å². The lowest BCUT2D eigenvalue weighted by Gasteiger charge is -2.71. The van der Waals surface area contributed by atoms with Crippen molar-refractivity contribution in [1.29, 1.82) is 0 Å². The molecule has 8 aliphatic rings. The summed E-state index contributed by atoms with van der Waals surface area (Å²) in [5, 5.41) is 0. The van der Waals surface area contributed by atoms with Crippen molar-refractivity contribution in [1.82, 2.24) is 0 Å². The third kappa shape index (κ3) is 0.969. The van der Waals surface area contributed by atoms with E-state index in [-0.39, 0.29) is 58.2 Å². The van der Waals surface area contributed by atoms with Crippen LogP contribution in [0.1, 0.15) is 6.42 Å². The lowest BCUT2D eigenvalue weighted by Crippen LogP contribution is -2.76. The van der Waals surface area contributed by atoms with Gasteiger partial charge in [-0.25, -0.2) is 9.59 Å². The first-order valence-corrected chi connectivity index (χ1v) is 9.67. The molecule has 0 aromatic carbocycles. The van der Waals surface area contributed by atoms with Crippen LogP contribution in [0.25, 0.3) is 0 Å². The van der Waals surface area contributed by atoms with Gasteiger partial charge in [0.25, 0.3) is 0 Å². The van der Waals surface area contributed by atoms with Gasteiger partial charge in [0.05, 0.1) is 36.2 Å². The van der Waals surface area contributed by atoms with E-state index in [0.717, 1.165) is 6.42 Å². The Morgan fingerprint density at radius 2 is 1.26 bits per heavy atom. The van der Waals surface area contributed by atoms with Crippen molar-refractivity contribution in [3.63, 3.8) is 0 Å². The number of hydrogen-bond acceptors (Lipinski definition) is 6. The van der Waals surface area contributed by atoms with Gasteiger partial charge in [0.1, 0.15) is 11.6 Å². The van der Waals surface area contributed by atoms with Gasteiger partial charge in [0.15, 0.2) is 0 Å². The summed E-state index contributed by atoms with van der Waals surface area (Å²) in [6.07, 6.45) is 4.73. The second-order valence-corrected chi connectivity index (χ2v) is 9.28. The fourth-order valence-electron chi connectivity index (χ4n) is 9.55. The molecule has 0 aromatic rings. The fourth-order valence-corrected chi connectivity index (χ4v) is 9.55. The maximum absolute atomic E-state index is 13.7. The van der Waals surface area contributed by atoms with Gasteiger partial charge in [-0.3, -0.25) is 9.59 Å². The number of methoxy groups -OCH3 is 2. The Morgan fingerprint density at radius 1 is 0.852 bits per heavy atom. The van der Waals surface area contributed by atoms with E-state index in [1.165, 1.54) is 14.2 Å². The first-order chi connectivity index (χ1) is 13.0. The van der Waals surface area contributed by atoms with E-state index in [2.05, 4.69) is 0 Å². The van der Waals surface area contributed by atoms with E-state index < -0.39 is 34.6 Å². The molecule has 8 aliphatic carbocycles. The Kier molecular flexibility index (Phi) is 2.09. The molecule has 4 bridgehead atoms. The second-order valence-electron chi connectivity index (χ2n) is 9.28. The summed E-state index contributed by atoms with van der Waals surface area (Å²) < 4.78 is 10.00. The number of rotatable bonds is 2. The largest absolute Gasteiger partial charge is 0.466 e. The summed E-state index contributed by atoms with van der Waals surface area (Å²) in [6.45, 7) is 0. The van der Waals surface area contributed by atoms with Gasteiger partial charge < -0.3 is 9.47 Å². The summed E-state index contributed by atoms with van der Waals surface area (Å²) in [5.74, 6) is -1.31. The molecule has 2 spiro atoms. The lowest BCUT2D eigenvalue weighted by atomic mass is 9.28. The highest BCUT2D eigenvalue weighted by Crippen LogP contribution is 2.95. The Bertz CT molecular complexity index is 913. The number of ketones is 2. The topological polar surface area (TPSA) is 86.7 Å². The molecule has 5 saturated carbocycles. The number of Topliss-reactive ketones (excluding diaryl/α,β-unsaturated/α-hetero) is 2. The molecular weight excluding hydrogens is 348 g/mol. The van der Waals surface area contributed by atoms with Gasteiger partial charge in [-0.2, -0.15) is 0 Å². The van der Waals surface area contributed by atoms with Gasteiger partial charge in [-0.05, 0) is 30.1 Å². The molecule has 0 amide bonds. The number of ether oxygens (including phenoxy) is 2. The molecule has 6 heteroatoms. The van der Waals surface area contributed by atoms with Gasteiger partial charge >= 0.3 is 11.9 Å². The van der Waals surface area contributed by atoms with E-state index in [1.807, 2.05) is 12.2 Å². The third-order valence-corrected chi connectivity index (χ3v) is 9.52. The van der Waals surface area contributed by atoms with Crippen molar-refractivity contribution in [3.05, 3.63) is 23.3 Å². The first kappa shape index (κ1) is 14.8. The van der Waals surface area contributed by atoms with Crippen LogP contribution in [0.2, 0.25) is 0 Å². The van der Waals surface area contributed by atoms with Crippen molar-refractivity contribution in [2.75, 3.05) is 14.2 Å². The van der Waals surface area contributed by atoms with Crippen molar-refractivity contribution in [2.24, 2.45) is 58.2 Å². The second kappa shape index (κ2) is 3.82. The van der Waals surface area contributed by atoms with E-state index >= 15 is 0 Å². The Morgan fingerprint density at radius 3 is 1.63 bits per heavy atom. The molecule has 6 nitrogen and oxygen atoms in total. The molecule has 0 aliphatic heterocycles. The molecule has 0 aromatic heterocycles. The van der Waals surface area contributed by atoms with Crippen LogP contribution in [-0.4, -0.2) is 37.7 Å². The molecule has 10 atom stereocenters. The first-order valence-electron chi connectivity index (χ1n) is 9.67. The minimum atomic E-state index is -0.827. The van der Waals surface area contributed by atoms with Gasteiger partial charge in [0, 0.05) is 23.7 Å². The monoisotopic (exact) mass is 366 g/mol. The van der Waals surface area contributed by atoms with Gasteiger partial charge in [-0.15, -0.1) is 0 Å².